The molecule has 0 spiro atoms. The van der Waals surface area contributed by atoms with Crippen molar-refractivity contribution >= 4 is 5.97 Å². The monoisotopic (exact) mass is 346 g/mol. The molecule has 0 aromatic carbocycles. The number of rotatable bonds is 14. The van der Waals surface area contributed by atoms with Crippen molar-refractivity contribution in [1.82, 2.24) is 9.80 Å². The number of carbonyl (C=O) groups is 1. The van der Waals surface area contributed by atoms with Gasteiger partial charge in [0.25, 0.3) is 6.35 Å². The van der Waals surface area contributed by atoms with Gasteiger partial charge >= 0.3 is 5.97 Å². The summed E-state index contributed by atoms with van der Waals surface area (Å²) in [6.45, 7) is 6.24. The van der Waals surface area contributed by atoms with Crippen LogP contribution in [0.15, 0.2) is 12.4 Å². The van der Waals surface area contributed by atoms with E-state index >= 15 is 0 Å². The van der Waals surface area contributed by atoms with Gasteiger partial charge < -0.3 is 33.5 Å². The molecule has 1 aliphatic heterocycles. The van der Waals surface area contributed by atoms with Gasteiger partial charge in [0.2, 0.25) is 0 Å². The van der Waals surface area contributed by atoms with Crippen molar-refractivity contribution in [2.24, 2.45) is 0 Å². The highest BCUT2D eigenvalue weighted by Crippen LogP contribution is 2.15. The molecular weight excluding hydrogens is 316 g/mol. The highest BCUT2D eigenvalue weighted by molar-refractivity contribution is 5.69. The number of hydrogen-bond donors (Lipinski definition) is 0. The molecule has 8 heteroatoms. The smallest absolute Gasteiger partial charge is 0.311 e. The van der Waals surface area contributed by atoms with Gasteiger partial charge in [-0.2, -0.15) is 0 Å². The third-order valence-electron chi connectivity index (χ3n) is 3.31. The lowest BCUT2D eigenvalue weighted by Crippen LogP contribution is -2.42. The first-order valence-electron chi connectivity index (χ1n) is 8.26. The van der Waals surface area contributed by atoms with Crippen LogP contribution in [0.3, 0.4) is 0 Å². The summed E-state index contributed by atoms with van der Waals surface area (Å²) < 4.78 is 26.3. The Morgan fingerprint density at radius 3 is 2.42 bits per heavy atom. The van der Waals surface area contributed by atoms with Crippen molar-refractivity contribution in [2.75, 3.05) is 67.0 Å². The van der Waals surface area contributed by atoms with Crippen molar-refractivity contribution in [2.45, 2.75) is 19.7 Å². The second-order valence-electron chi connectivity index (χ2n) is 5.18. The van der Waals surface area contributed by atoms with Gasteiger partial charge in [-0.15, -0.1) is 0 Å². The summed E-state index contributed by atoms with van der Waals surface area (Å²) in [4.78, 5) is 15.7. The van der Waals surface area contributed by atoms with E-state index in [9.17, 15) is 4.79 Å². The van der Waals surface area contributed by atoms with Gasteiger partial charge in [-0.1, -0.05) is 0 Å². The van der Waals surface area contributed by atoms with Crippen LogP contribution in [0.4, 0.5) is 0 Å². The molecule has 0 fully saturated rings. The van der Waals surface area contributed by atoms with E-state index in [1.165, 1.54) is 0 Å². The largest absolute Gasteiger partial charge is 0.422 e. The maximum absolute atomic E-state index is 11.9. The first-order chi connectivity index (χ1) is 11.7. The highest BCUT2D eigenvalue weighted by atomic mass is 16.6. The number of ether oxygens (including phenoxy) is 5. The first-order valence-corrected chi connectivity index (χ1v) is 8.26. The molecule has 1 rings (SSSR count). The Hall–Kier alpha value is -1.35. The van der Waals surface area contributed by atoms with Gasteiger partial charge in [0.15, 0.2) is 0 Å². The molecule has 0 bridgehead atoms. The van der Waals surface area contributed by atoms with E-state index < -0.39 is 6.35 Å². The fourth-order valence-corrected chi connectivity index (χ4v) is 2.02. The number of methoxy groups -OCH3 is 1. The molecule has 1 heterocycles. The first kappa shape index (κ1) is 20.7. The highest BCUT2D eigenvalue weighted by Gasteiger charge is 2.26. The Morgan fingerprint density at radius 1 is 1.00 bits per heavy atom. The molecule has 0 N–H and O–H groups in total. The Morgan fingerprint density at radius 2 is 1.71 bits per heavy atom. The summed E-state index contributed by atoms with van der Waals surface area (Å²) >= 11 is 0. The molecule has 0 aliphatic carbocycles. The number of hydrogen-bond acceptors (Lipinski definition) is 8. The average Bonchev–Trinajstić information content (AvgIpc) is 2.91. The van der Waals surface area contributed by atoms with Crippen LogP contribution in [0.25, 0.3) is 0 Å². The van der Waals surface area contributed by atoms with Gasteiger partial charge in [-0.3, -0.25) is 4.79 Å². The van der Waals surface area contributed by atoms with Crippen molar-refractivity contribution in [3.8, 4) is 0 Å². The van der Waals surface area contributed by atoms with Gasteiger partial charge in [-0.25, -0.2) is 0 Å². The van der Waals surface area contributed by atoms with Crippen LogP contribution < -0.4 is 0 Å². The molecule has 0 aromatic heterocycles. The standard InChI is InChI=1S/C16H30N2O6/c1-4-21-10-8-18-7-6-17(2)16(18)24-15(19)5-9-22-13-14-23-12-11-20-3/h6-7,16H,4-5,8-14H2,1-3H3. The summed E-state index contributed by atoms with van der Waals surface area (Å²) in [6.07, 6.45) is 3.56. The fourth-order valence-electron chi connectivity index (χ4n) is 2.02. The van der Waals surface area contributed by atoms with Gasteiger partial charge in [0, 0.05) is 39.7 Å². The van der Waals surface area contributed by atoms with Crippen LogP contribution in [0, 0.1) is 0 Å². The summed E-state index contributed by atoms with van der Waals surface area (Å²) in [5.74, 6) is -0.294. The molecule has 0 aromatic rings. The topological polar surface area (TPSA) is 69.7 Å². The van der Waals surface area contributed by atoms with Crippen molar-refractivity contribution in [3.05, 3.63) is 12.4 Å². The van der Waals surface area contributed by atoms with E-state index in [1.807, 2.05) is 36.2 Å². The van der Waals surface area contributed by atoms with Gasteiger partial charge in [0.1, 0.15) is 0 Å². The quantitative estimate of drug-likeness (QED) is 0.335. The molecular formula is C16H30N2O6. The molecule has 140 valence electrons. The van der Waals surface area contributed by atoms with Crippen LogP contribution >= 0.6 is 0 Å². The Kier molecular flexibility index (Phi) is 11.2. The number of nitrogens with zero attached hydrogens (tertiary/aromatic N) is 2. The molecule has 0 saturated carbocycles. The van der Waals surface area contributed by atoms with Crippen LogP contribution in [-0.4, -0.2) is 89.1 Å². The van der Waals surface area contributed by atoms with E-state index in [0.29, 0.717) is 52.8 Å². The minimum absolute atomic E-state index is 0.210. The van der Waals surface area contributed by atoms with Crippen molar-refractivity contribution in [1.29, 1.82) is 0 Å². The lowest BCUT2D eigenvalue weighted by atomic mass is 10.4. The van der Waals surface area contributed by atoms with E-state index in [2.05, 4.69) is 0 Å². The molecule has 8 nitrogen and oxygen atoms in total. The van der Waals surface area contributed by atoms with Crippen LogP contribution in [0.1, 0.15) is 13.3 Å². The third kappa shape index (κ3) is 8.49. The maximum Gasteiger partial charge on any atom is 0.311 e. The summed E-state index contributed by atoms with van der Waals surface area (Å²) in [5.41, 5.74) is 0. The Labute approximate surface area is 144 Å². The van der Waals surface area contributed by atoms with E-state index in [1.54, 1.807) is 7.11 Å². The Bertz CT molecular complexity index is 366. The average molecular weight is 346 g/mol. The summed E-state index contributed by atoms with van der Waals surface area (Å²) in [7, 11) is 3.49. The lowest BCUT2D eigenvalue weighted by Gasteiger charge is -2.29. The summed E-state index contributed by atoms with van der Waals surface area (Å²) in [6, 6.07) is 0. The zero-order valence-corrected chi connectivity index (χ0v) is 14.9. The SMILES string of the molecule is CCOCCN1C=CN(C)C1OC(=O)CCOCCOCCOC. The van der Waals surface area contributed by atoms with Gasteiger partial charge in [-0.05, 0) is 6.92 Å². The molecule has 1 atom stereocenters. The predicted octanol–water partition coefficient (Wildman–Crippen LogP) is 0.638. The molecule has 0 radical (unpaired) electrons. The zero-order chi connectivity index (χ0) is 17.6. The number of carbonyl (C=O) groups excluding carboxylic acids is 1. The van der Waals surface area contributed by atoms with E-state index in [-0.39, 0.29) is 12.4 Å². The van der Waals surface area contributed by atoms with Crippen LogP contribution in [-0.2, 0) is 28.5 Å². The molecule has 1 aliphatic rings. The van der Waals surface area contributed by atoms with E-state index in [0.717, 1.165) is 0 Å². The number of esters is 1. The second-order valence-corrected chi connectivity index (χ2v) is 5.18. The molecule has 0 amide bonds. The molecule has 0 saturated heterocycles. The molecule has 1 unspecified atom stereocenters. The van der Waals surface area contributed by atoms with Crippen LogP contribution in [0.5, 0.6) is 0 Å². The fraction of sp³-hybridized carbons (Fsp3) is 0.812. The van der Waals surface area contributed by atoms with E-state index in [4.69, 9.17) is 23.7 Å². The third-order valence-corrected chi connectivity index (χ3v) is 3.31. The van der Waals surface area contributed by atoms with Crippen molar-refractivity contribution in [3.63, 3.8) is 0 Å². The van der Waals surface area contributed by atoms with Crippen molar-refractivity contribution < 1.29 is 28.5 Å². The zero-order valence-electron chi connectivity index (χ0n) is 14.9. The summed E-state index contributed by atoms with van der Waals surface area (Å²) in [5, 5.41) is 0. The lowest BCUT2D eigenvalue weighted by molar-refractivity contribution is -0.169. The van der Waals surface area contributed by atoms with Gasteiger partial charge in [0.05, 0.1) is 46.1 Å². The Balaban J connectivity index is 2.12. The maximum atomic E-state index is 11.9. The predicted molar refractivity (Wildman–Crippen MR) is 88.1 cm³/mol. The minimum atomic E-state index is -0.421. The molecule has 24 heavy (non-hydrogen) atoms. The normalized spacial score (nSPS) is 16.9. The minimum Gasteiger partial charge on any atom is -0.422 e. The van der Waals surface area contributed by atoms with Crippen LogP contribution in [0.2, 0.25) is 0 Å². The second kappa shape index (κ2) is 13.0.